The SMILES string of the molecule is CC(C)(C)OC(=O)Nc1cc2c(c(-c3ccc(F)cc3)n1)OCC2(CF)CF. The summed E-state index contributed by atoms with van der Waals surface area (Å²) in [4.78, 5) is 16.5. The molecule has 8 heteroatoms. The van der Waals surface area contributed by atoms with Crippen molar-refractivity contribution in [2.24, 2.45) is 0 Å². The predicted octanol–water partition coefficient (Wildman–Crippen LogP) is 4.80. The number of alkyl halides is 2. The van der Waals surface area contributed by atoms with E-state index in [4.69, 9.17) is 9.47 Å². The van der Waals surface area contributed by atoms with Gasteiger partial charge in [0.1, 0.15) is 48.6 Å². The fourth-order valence-corrected chi connectivity index (χ4v) is 2.89. The van der Waals surface area contributed by atoms with E-state index in [0.717, 1.165) is 0 Å². The summed E-state index contributed by atoms with van der Waals surface area (Å²) in [6, 6.07) is 6.82. The number of aromatic nitrogens is 1. The van der Waals surface area contributed by atoms with Crippen LogP contribution in [0.5, 0.6) is 5.75 Å². The van der Waals surface area contributed by atoms with Crippen LogP contribution in [0, 0.1) is 5.82 Å². The van der Waals surface area contributed by atoms with Crippen LogP contribution in [0.1, 0.15) is 26.3 Å². The average Bonchev–Trinajstić information content (AvgIpc) is 2.99. The maximum absolute atomic E-state index is 13.7. The highest BCUT2D eigenvalue weighted by molar-refractivity contribution is 5.85. The minimum Gasteiger partial charge on any atom is -0.490 e. The highest BCUT2D eigenvalue weighted by Gasteiger charge is 2.43. The molecule has 2 heterocycles. The van der Waals surface area contributed by atoms with E-state index in [0.29, 0.717) is 5.56 Å². The fourth-order valence-electron chi connectivity index (χ4n) is 2.89. The molecule has 5 nitrogen and oxygen atoms in total. The molecule has 0 atom stereocenters. The number of fused-ring (bicyclic) bond motifs is 1. The number of benzene rings is 1. The van der Waals surface area contributed by atoms with Gasteiger partial charge in [-0.2, -0.15) is 0 Å². The molecule has 0 bridgehead atoms. The number of pyridine rings is 1. The molecule has 2 aromatic rings. The molecule has 1 N–H and O–H groups in total. The van der Waals surface area contributed by atoms with Gasteiger partial charge in [-0.1, -0.05) is 0 Å². The zero-order chi connectivity index (χ0) is 20.5. The highest BCUT2D eigenvalue weighted by atomic mass is 19.1. The monoisotopic (exact) mass is 394 g/mol. The first-order chi connectivity index (χ1) is 13.2. The van der Waals surface area contributed by atoms with Gasteiger partial charge in [0.25, 0.3) is 0 Å². The number of nitrogens with one attached hydrogen (secondary N) is 1. The van der Waals surface area contributed by atoms with Crippen LogP contribution in [-0.2, 0) is 10.2 Å². The minimum absolute atomic E-state index is 0.0594. The molecule has 1 amide bonds. The number of ether oxygens (including phenoxy) is 2. The molecule has 0 spiro atoms. The lowest BCUT2D eigenvalue weighted by molar-refractivity contribution is 0.0635. The van der Waals surface area contributed by atoms with Crippen molar-refractivity contribution in [2.75, 3.05) is 25.3 Å². The molecule has 3 rings (SSSR count). The summed E-state index contributed by atoms with van der Waals surface area (Å²) in [5.41, 5.74) is -1.20. The Labute approximate surface area is 160 Å². The normalized spacial score (nSPS) is 14.9. The van der Waals surface area contributed by atoms with Gasteiger partial charge in [-0.25, -0.2) is 22.9 Å². The molecule has 1 aromatic carbocycles. The Balaban J connectivity index is 2.08. The topological polar surface area (TPSA) is 60.5 Å². The van der Waals surface area contributed by atoms with Crippen LogP contribution >= 0.6 is 0 Å². The number of carbonyl (C=O) groups excluding carboxylic acids is 1. The van der Waals surface area contributed by atoms with E-state index in [9.17, 15) is 18.0 Å². The Morgan fingerprint density at radius 2 is 1.89 bits per heavy atom. The number of hydrogen-bond acceptors (Lipinski definition) is 4. The van der Waals surface area contributed by atoms with E-state index >= 15 is 0 Å². The zero-order valence-electron chi connectivity index (χ0n) is 15.8. The Kier molecular flexibility index (Phi) is 5.23. The summed E-state index contributed by atoms with van der Waals surface area (Å²) < 4.78 is 51.5. The number of anilines is 1. The average molecular weight is 394 g/mol. The van der Waals surface area contributed by atoms with Crippen molar-refractivity contribution < 1.29 is 27.4 Å². The van der Waals surface area contributed by atoms with Crippen LogP contribution in [-0.4, -0.2) is 36.6 Å². The lowest BCUT2D eigenvalue weighted by atomic mass is 9.84. The zero-order valence-corrected chi connectivity index (χ0v) is 15.8. The fraction of sp³-hybridized carbons (Fsp3) is 0.400. The van der Waals surface area contributed by atoms with Crippen LogP contribution in [0.25, 0.3) is 11.3 Å². The van der Waals surface area contributed by atoms with Crippen molar-refractivity contribution in [1.82, 2.24) is 4.98 Å². The first-order valence-corrected chi connectivity index (χ1v) is 8.74. The Morgan fingerprint density at radius 3 is 2.46 bits per heavy atom. The summed E-state index contributed by atoms with van der Waals surface area (Å²) in [6.07, 6.45) is -0.755. The number of carbonyl (C=O) groups is 1. The van der Waals surface area contributed by atoms with Crippen molar-refractivity contribution in [3.05, 3.63) is 41.7 Å². The Hall–Kier alpha value is -2.77. The standard InChI is InChI=1S/C20H21F3N2O3/c1-19(2,3)28-18(26)25-15-8-14-17(27-11-20(14,9-21)10-22)16(24-15)12-4-6-13(23)7-5-12/h4-8H,9-11H2,1-3H3,(H,24,25,26). The number of amides is 1. The van der Waals surface area contributed by atoms with Gasteiger partial charge in [-0.3, -0.25) is 5.32 Å². The van der Waals surface area contributed by atoms with E-state index in [1.165, 1.54) is 30.3 Å². The molecular formula is C20H21F3N2O3. The van der Waals surface area contributed by atoms with Gasteiger partial charge in [0, 0.05) is 11.1 Å². The molecule has 0 radical (unpaired) electrons. The van der Waals surface area contributed by atoms with Gasteiger partial charge in [0.2, 0.25) is 0 Å². The van der Waals surface area contributed by atoms with Crippen molar-refractivity contribution >= 4 is 11.9 Å². The summed E-state index contributed by atoms with van der Waals surface area (Å²) in [6.45, 7) is 2.97. The first-order valence-electron chi connectivity index (χ1n) is 8.74. The lowest BCUT2D eigenvalue weighted by Crippen LogP contribution is -2.33. The quantitative estimate of drug-likeness (QED) is 0.809. The molecule has 0 aliphatic carbocycles. The molecular weight excluding hydrogens is 373 g/mol. The maximum Gasteiger partial charge on any atom is 0.413 e. The Bertz CT molecular complexity index is 876. The van der Waals surface area contributed by atoms with Gasteiger partial charge in [-0.05, 0) is 51.1 Å². The van der Waals surface area contributed by atoms with Crippen molar-refractivity contribution in [2.45, 2.75) is 31.8 Å². The van der Waals surface area contributed by atoms with Gasteiger partial charge in [0.15, 0.2) is 0 Å². The summed E-state index contributed by atoms with van der Waals surface area (Å²) >= 11 is 0. The molecule has 0 fully saturated rings. The number of halogens is 3. The van der Waals surface area contributed by atoms with Crippen molar-refractivity contribution in [3.63, 3.8) is 0 Å². The van der Waals surface area contributed by atoms with Crippen molar-refractivity contribution in [1.29, 1.82) is 0 Å². The van der Waals surface area contributed by atoms with Gasteiger partial charge >= 0.3 is 6.09 Å². The second-order valence-corrected chi connectivity index (χ2v) is 7.70. The second-order valence-electron chi connectivity index (χ2n) is 7.70. The number of nitrogens with zero attached hydrogens (tertiary/aromatic N) is 1. The molecule has 0 saturated carbocycles. The molecule has 1 aromatic heterocycles. The third-order valence-corrected chi connectivity index (χ3v) is 4.30. The smallest absolute Gasteiger partial charge is 0.413 e. The van der Waals surface area contributed by atoms with Crippen LogP contribution in [0.3, 0.4) is 0 Å². The van der Waals surface area contributed by atoms with Crippen molar-refractivity contribution in [3.8, 4) is 17.0 Å². The van der Waals surface area contributed by atoms with Gasteiger partial charge in [-0.15, -0.1) is 0 Å². The second kappa shape index (κ2) is 7.33. The molecule has 1 aliphatic rings. The van der Waals surface area contributed by atoms with E-state index in [-0.39, 0.29) is 29.4 Å². The summed E-state index contributed by atoms with van der Waals surface area (Å²) in [5.74, 6) is -0.160. The molecule has 0 unspecified atom stereocenters. The molecule has 1 aliphatic heterocycles. The Morgan fingerprint density at radius 1 is 1.25 bits per heavy atom. The van der Waals surface area contributed by atoms with Crippen LogP contribution in [0.2, 0.25) is 0 Å². The predicted molar refractivity (Wildman–Crippen MR) is 98.6 cm³/mol. The molecule has 150 valence electrons. The van der Waals surface area contributed by atoms with E-state index in [1.54, 1.807) is 20.8 Å². The van der Waals surface area contributed by atoms with Crippen LogP contribution in [0.15, 0.2) is 30.3 Å². The maximum atomic E-state index is 13.7. The lowest BCUT2D eigenvalue weighted by Gasteiger charge is -2.22. The molecule has 0 saturated heterocycles. The van der Waals surface area contributed by atoms with Gasteiger partial charge in [0.05, 0.1) is 5.41 Å². The number of hydrogen-bond donors (Lipinski definition) is 1. The first kappa shape index (κ1) is 20.0. The molecule has 28 heavy (non-hydrogen) atoms. The van der Waals surface area contributed by atoms with E-state index < -0.39 is 36.3 Å². The van der Waals surface area contributed by atoms with E-state index in [1.807, 2.05) is 0 Å². The van der Waals surface area contributed by atoms with E-state index in [2.05, 4.69) is 10.3 Å². The minimum atomic E-state index is -1.47. The van der Waals surface area contributed by atoms with Gasteiger partial charge < -0.3 is 9.47 Å². The number of rotatable bonds is 4. The highest BCUT2D eigenvalue weighted by Crippen LogP contribution is 2.45. The largest absolute Gasteiger partial charge is 0.490 e. The summed E-state index contributed by atoms with van der Waals surface area (Å²) in [5, 5.41) is 2.49. The third kappa shape index (κ3) is 3.90. The third-order valence-electron chi connectivity index (χ3n) is 4.30. The summed E-state index contributed by atoms with van der Waals surface area (Å²) in [7, 11) is 0. The van der Waals surface area contributed by atoms with Crippen LogP contribution in [0.4, 0.5) is 23.8 Å². The van der Waals surface area contributed by atoms with Crippen LogP contribution < -0.4 is 10.1 Å².